The maximum atomic E-state index is 13.1. The molecule has 0 aliphatic heterocycles. The van der Waals surface area contributed by atoms with Crippen molar-refractivity contribution in [3.05, 3.63) is 54.5 Å². The van der Waals surface area contributed by atoms with Gasteiger partial charge < -0.3 is 19.4 Å². The fourth-order valence-electron chi connectivity index (χ4n) is 3.80. The Labute approximate surface area is 191 Å². The third-order valence-corrected chi connectivity index (χ3v) is 5.04. The Balaban J connectivity index is 1.63. The van der Waals surface area contributed by atoms with Crippen molar-refractivity contribution in [1.29, 1.82) is 5.26 Å². The summed E-state index contributed by atoms with van der Waals surface area (Å²) in [6.45, 7) is 6.82. The molecule has 0 fully saturated rings. The first kappa shape index (κ1) is 22.1. The molecule has 33 heavy (non-hydrogen) atoms. The average molecular weight is 444 g/mol. The number of carbonyl (C=O) groups is 1. The van der Waals surface area contributed by atoms with Crippen LogP contribution in [0.15, 0.2) is 53.1 Å². The minimum atomic E-state index is -0.245. The van der Waals surface area contributed by atoms with Gasteiger partial charge in [-0.05, 0) is 29.7 Å². The van der Waals surface area contributed by atoms with Gasteiger partial charge in [0.05, 0.1) is 19.3 Å². The summed E-state index contributed by atoms with van der Waals surface area (Å²) < 4.78 is 11.6. The highest BCUT2D eigenvalue weighted by molar-refractivity contribution is 6.09. The number of carbonyl (C=O) groups excluding carboxylic acids is 1. The Morgan fingerprint density at radius 2 is 1.97 bits per heavy atom. The van der Waals surface area contributed by atoms with Gasteiger partial charge >= 0.3 is 0 Å². The van der Waals surface area contributed by atoms with E-state index in [0.717, 1.165) is 16.4 Å². The minimum Gasteiger partial charge on any atom is -0.491 e. The third kappa shape index (κ3) is 4.72. The molecule has 2 aromatic heterocycles. The van der Waals surface area contributed by atoms with Crippen molar-refractivity contribution >= 4 is 39.4 Å². The molecule has 2 aromatic carbocycles. The number of methoxy groups -OCH3 is 1. The summed E-state index contributed by atoms with van der Waals surface area (Å²) in [4.78, 5) is 23.1. The van der Waals surface area contributed by atoms with E-state index < -0.39 is 0 Å². The lowest BCUT2D eigenvalue weighted by molar-refractivity contribution is -0.115. The number of nitriles is 1. The molecular weight excluding hydrogens is 418 g/mol. The summed E-state index contributed by atoms with van der Waals surface area (Å²) in [5, 5.41) is 14.0. The molecule has 0 radical (unpaired) electrons. The normalized spacial score (nSPS) is 11.4. The number of nitrogens with one attached hydrogen (secondary N) is 1. The second-order valence-electron chi connectivity index (χ2n) is 8.94. The second kappa shape index (κ2) is 8.79. The lowest BCUT2D eigenvalue weighted by Gasteiger charge is -2.30. The van der Waals surface area contributed by atoms with Crippen LogP contribution in [0, 0.1) is 16.7 Å². The van der Waals surface area contributed by atoms with Crippen molar-refractivity contribution in [3.8, 4) is 11.8 Å². The number of nitrogens with zero attached hydrogens (tertiary/aromatic N) is 4. The zero-order valence-corrected chi connectivity index (χ0v) is 19.0. The summed E-state index contributed by atoms with van der Waals surface area (Å²) in [5.41, 5.74) is 1.74. The van der Waals surface area contributed by atoms with E-state index >= 15 is 0 Å². The molecule has 8 heteroatoms. The molecule has 0 aliphatic carbocycles. The summed E-state index contributed by atoms with van der Waals surface area (Å²) in [6.07, 6.45) is 1.52. The molecule has 0 atom stereocenters. The van der Waals surface area contributed by atoms with Crippen LogP contribution >= 0.6 is 0 Å². The summed E-state index contributed by atoms with van der Waals surface area (Å²) in [5.74, 6) is 0.800. The number of hydrogen-bond donors (Lipinski definition) is 1. The first-order valence-electron chi connectivity index (χ1n) is 10.6. The van der Waals surface area contributed by atoms with Crippen molar-refractivity contribution in [2.45, 2.75) is 20.8 Å². The fraction of sp³-hybridized carbons (Fsp3) is 0.280. The molecule has 168 valence electrons. The first-order valence-corrected chi connectivity index (χ1v) is 10.6. The standard InChI is InChI=1S/C25H25N5O3/c1-25(2,3)15-30(21-11-12-27-20(13-26)29-21)14-22(31)28-18-10-9-17-16-7-5-6-8-19(16)33-23(17)24(18)32-4/h5-12H,14-15H2,1-4H3,(H,28,31). The number of fused-ring (bicyclic) bond motifs is 3. The van der Waals surface area contributed by atoms with Crippen LogP contribution in [0.25, 0.3) is 21.9 Å². The molecule has 8 nitrogen and oxygen atoms in total. The SMILES string of the molecule is COc1c(NC(=O)CN(CC(C)(C)C)c2ccnc(C#N)n2)ccc2c1oc1ccccc12. The Morgan fingerprint density at radius 1 is 1.18 bits per heavy atom. The molecule has 0 saturated carbocycles. The van der Waals surface area contributed by atoms with Gasteiger partial charge in [0.2, 0.25) is 11.7 Å². The Hall–Kier alpha value is -4.12. The lowest BCUT2D eigenvalue weighted by atomic mass is 9.96. The summed E-state index contributed by atoms with van der Waals surface area (Å²) in [7, 11) is 1.55. The quantitative estimate of drug-likeness (QED) is 0.459. The van der Waals surface area contributed by atoms with Gasteiger partial charge in [-0.2, -0.15) is 5.26 Å². The van der Waals surface area contributed by atoms with Crippen LogP contribution in [0.2, 0.25) is 0 Å². The van der Waals surface area contributed by atoms with Gasteiger partial charge in [0, 0.05) is 23.5 Å². The fourth-order valence-corrected chi connectivity index (χ4v) is 3.80. The highest BCUT2D eigenvalue weighted by atomic mass is 16.5. The molecular formula is C25H25N5O3. The number of anilines is 2. The van der Waals surface area contributed by atoms with Gasteiger partial charge in [0.25, 0.3) is 0 Å². The van der Waals surface area contributed by atoms with Crippen molar-refractivity contribution in [1.82, 2.24) is 9.97 Å². The van der Waals surface area contributed by atoms with E-state index in [2.05, 4.69) is 36.1 Å². The Kier molecular flexibility index (Phi) is 5.88. The smallest absolute Gasteiger partial charge is 0.244 e. The van der Waals surface area contributed by atoms with Crippen molar-refractivity contribution in [2.75, 3.05) is 30.4 Å². The molecule has 0 unspecified atom stereocenters. The number of rotatable bonds is 6. The van der Waals surface area contributed by atoms with E-state index in [1.165, 1.54) is 6.20 Å². The van der Waals surface area contributed by atoms with E-state index in [0.29, 0.717) is 29.4 Å². The summed E-state index contributed by atoms with van der Waals surface area (Å²) >= 11 is 0. The molecule has 1 amide bonds. The molecule has 0 spiro atoms. The minimum absolute atomic E-state index is 0.0421. The number of ether oxygens (including phenoxy) is 1. The largest absolute Gasteiger partial charge is 0.491 e. The van der Waals surface area contributed by atoms with Crippen LogP contribution < -0.4 is 15.0 Å². The third-order valence-electron chi connectivity index (χ3n) is 5.04. The van der Waals surface area contributed by atoms with Crippen molar-refractivity contribution in [3.63, 3.8) is 0 Å². The van der Waals surface area contributed by atoms with Gasteiger partial charge in [0.15, 0.2) is 11.3 Å². The highest BCUT2D eigenvalue weighted by Crippen LogP contribution is 2.39. The van der Waals surface area contributed by atoms with E-state index in [4.69, 9.17) is 14.4 Å². The van der Waals surface area contributed by atoms with Gasteiger partial charge in [-0.25, -0.2) is 9.97 Å². The molecule has 2 heterocycles. The predicted molar refractivity (Wildman–Crippen MR) is 127 cm³/mol. The molecule has 0 saturated heterocycles. The van der Waals surface area contributed by atoms with E-state index in [1.807, 2.05) is 47.4 Å². The molecule has 0 bridgehead atoms. The Bertz CT molecular complexity index is 1360. The molecule has 1 N–H and O–H groups in total. The topological polar surface area (TPSA) is 104 Å². The van der Waals surface area contributed by atoms with Crippen LogP contribution in [-0.2, 0) is 4.79 Å². The van der Waals surface area contributed by atoms with Crippen molar-refractivity contribution < 1.29 is 13.9 Å². The van der Waals surface area contributed by atoms with Crippen LogP contribution in [0.1, 0.15) is 26.6 Å². The summed E-state index contributed by atoms with van der Waals surface area (Å²) in [6, 6.07) is 15.1. The average Bonchev–Trinajstić information content (AvgIpc) is 3.16. The first-order chi connectivity index (χ1) is 15.8. The molecule has 4 aromatic rings. The van der Waals surface area contributed by atoms with E-state index in [9.17, 15) is 4.79 Å². The lowest BCUT2D eigenvalue weighted by Crippen LogP contribution is -2.39. The van der Waals surface area contributed by atoms with Crippen molar-refractivity contribution in [2.24, 2.45) is 5.41 Å². The van der Waals surface area contributed by atoms with Gasteiger partial charge in [-0.3, -0.25) is 4.79 Å². The number of aromatic nitrogens is 2. The highest BCUT2D eigenvalue weighted by Gasteiger charge is 2.22. The van der Waals surface area contributed by atoms with Crippen LogP contribution in [0.5, 0.6) is 5.75 Å². The number of hydrogen-bond acceptors (Lipinski definition) is 7. The molecule has 0 aliphatic rings. The monoisotopic (exact) mass is 443 g/mol. The number of furan rings is 1. The predicted octanol–water partition coefficient (Wildman–Crippen LogP) is 4.75. The van der Waals surface area contributed by atoms with Gasteiger partial charge in [-0.15, -0.1) is 0 Å². The van der Waals surface area contributed by atoms with Crippen LogP contribution in [0.4, 0.5) is 11.5 Å². The maximum absolute atomic E-state index is 13.1. The van der Waals surface area contributed by atoms with Gasteiger partial charge in [0.1, 0.15) is 17.5 Å². The number of para-hydroxylation sites is 1. The zero-order valence-electron chi connectivity index (χ0n) is 19.0. The van der Waals surface area contributed by atoms with E-state index in [1.54, 1.807) is 13.2 Å². The van der Waals surface area contributed by atoms with E-state index in [-0.39, 0.29) is 23.7 Å². The number of amides is 1. The molecule has 4 rings (SSSR count). The number of benzene rings is 2. The van der Waals surface area contributed by atoms with Crippen LogP contribution in [-0.4, -0.2) is 36.1 Å². The Morgan fingerprint density at radius 3 is 2.70 bits per heavy atom. The van der Waals surface area contributed by atoms with Crippen LogP contribution in [0.3, 0.4) is 0 Å². The maximum Gasteiger partial charge on any atom is 0.244 e. The zero-order chi connectivity index (χ0) is 23.6. The van der Waals surface area contributed by atoms with Gasteiger partial charge in [-0.1, -0.05) is 39.0 Å². The second-order valence-corrected chi connectivity index (χ2v) is 8.94.